The average Bonchev–Trinajstić information content (AvgIpc) is 3.24. The first-order chi connectivity index (χ1) is 15.2. The SMILES string of the molecule is CCN(CC)CCN1C(=O)C(O)=C(C(=O)c2sc(C)nc2C)[C@H]1c1ccc([N+](=O)[O-])cc1. The molecule has 0 aliphatic carbocycles. The van der Waals surface area contributed by atoms with Crippen molar-refractivity contribution in [1.29, 1.82) is 0 Å². The highest BCUT2D eigenvalue weighted by atomic mass is 32.1. The van der Waals surface area contributed by atoms with Gasteiger partial charge in [-0.2, -0.15) is 0 Å². The molecule has 1 aromatic heterocycles. The Morgan fingerprint density at radius 3 is 2.38 bits per heavy atom. The van der Waals surface area contributed by atoms with Gasteiger partial charge in [0.05, 0.1) is 32.1 Å². The first-order valence-corrected chi connectivity index (χ1v) is 11.2. The van der Waals surface area contributed by atoms with Gasteiger partial charge in [-0.05, 0) is 44.6 Å². The van der Waals surface area contributed by atoms with Gasteiger partial charge in [0.25, 0.3) is 11.6 Å². The minimum absolute atomic E-state index is 0.0184. The number of nitrogens with zero attached hydrogens (tertiary/aromatic N) is 4. The number of likely N-dealkylation sites (N-methyl/N-ethyl adjacent to an activating group) is 1. The molecule has 2 heterocycles. The highest BCUT2D eigenvalue weighted by Gasteiger charge is 2.44. The van der Waals surface area contributed by atoms with E-state index >= 15 is 0 Å². The average molecular weight is 459 g/mol. The van der Waals surface area contributed by atoms with E-state index in [0.717, 1.165) is 13.1 Å². The molecular formula is C22H26N4O5S. The second-order valence-corrected chi connectivity index (χ2v) is 8.72. The number of aliphatic hydroxyl groups excluding tert-OH is 1. The van der Waals surface area contributed by atoms with Crippen LogP contribution in [-0.4, -0.2) is 62.7 Å². The lowest BCUT2D eigenvalue weighted by molar-refractivity contribution is -0.384. The molecule has 1 N–H and O–H groups in total. The Morgan fingerprint density at radius 2 is 1.88 bits per heavy atom. The lowest BCUT2D eigenvalue weighted by Gasteiger charge is -2.29. The number of hydrogen-bond donors (Lipinski definition) is 1. The van der Waals surface area contributed by atoms with E-state index in [0.29, 0.717) is 34.2 Å². The maximum Gasteiger partial charge on any atom is 0.290 e. The Labute approximate surface area is 190 Å². The lowest BCUT2D eigenvalue weighted by Crippen LogP contribution is -2.38. The quantitative estimate of drug-likeness (QED) is 0.347. The number of carbonyl (C=O) groups is 2. The standard InChI is InChI=1S/C22H26N4O5S/c1-5-24(6-2)11-12-25-18(15-7-9-16(10-8-15)26(30)31)17(20(28)22(25)29)19(27)21-13(3)23-14(4)32-21/h7-10,18,28H,5-6,11-12H2,1-4H3/t18-/m1/s1. The molecule has 0 saturated heterocycles. The van der Waals surface area contributed by atoms with Crippen molar-refractivity contribution in [3.05, 3.63) is 66.9 Å². The molecule has 0 fully saturated rings. The van der Waals surface area contributed by atoms with E-state index < -0.39 is 28.4 Å². The Bertz CT molecular complexity index is 1070. The van der Waals surface area contributed by atoms with E-state index in [4.69, 9.17) is 0 Å². The number of aromatic nitrogens is 1. The van der Waals surface area contributed by atoms with E-state index in [1.54, 1.807) is 13.8 Å². The number of aliphatic hydroxyl groups is 1. The first kappa shape index (κ1) is 23.6. The molecule has 0 saturated carbocycles. The van der Waals surface area contributed by atoms with Gasteiger partial charge in [0.1, 0.15) is 0 Å². The van der Waals surface area contributed by atoms with E-state index in [1.165, 1.54) is 40.5 Å². The fraction of sp³-hybridized carbons (Fsp3) is 0.409. The fourth-order valence-corrected chi connectivity index (χ4v) is 4.77. The Kier molecular flexibility index (Phi) is 7.05. The number of ketones is 1. The Hall–Kier alpha value is -3.11. The van der Waals surface area contributed by atoms with Crippen LogP contribution in [0.1, 0.15) is 45.8 Å². The summed E-state index contributed by atoms with van der Waals surface area (Å²) in [5.41, 5.74) is 0.946. The minimum atomic E-state index is -0.840. The summed E-state index contributed by atoms with van der Waals surface area (Å²) in [7, 11) is 0. The number of hydrogen-bond acceptors (Lipinski definition) is 8. The summed E-state index contributed by atoms with van der Waals surface area (Å²) in [4.78, 5) is 45.3. The molecule has 1 atom stereocenters. The van der Waals surface area contributed by atoms with Crippen LogP contribution >= 0.6 is 11.3 Å². The minimum Gasteiger partial charge on any atom is -0.503 e. The molecule has 1 aliphatic rings. The van der Waals surface area contributed by atoms with Crippen molar-refractivity contribution in [3.63, 3.8) is 0 Å². The van der Waals surface area contributed by atoms with Crippen LogP contribution in [0, 0.1) is 24.0 Å². The van der Waals surface area contributed by atoms with E-state index in [9.17, 15) is 24.8 Å². The third-order valence-electron chi connectivity index (χ3n) is 5.63. The zero-order chi connectivity index (χ0) is 23.6. The number of aryl methyl sites for hydroxylation is 2. The Balaban J connectivity index is 2.05. The molecule has 9 nitrogen and oxygen atoms in total. The maximum absolute atomic E-state index is 13.4. The van der Waals surface area contributed by atoms with Crippen molar-refractivity contribution in [2.45, 2.75) is 33.7 Å². The summed E-state index contributed by atoms with van der Waals surface area (Å²) >= 11 is 1.21. The molecule has 1 amide bonds. The third kappa shape index (κ3) is 4.42. The van der Waals surface area contributed by atoms with E-state index in [2.05, 4.69) is 9.88 Å². The molecule has 0 spiro atoms. The van der Waals surface area contributed by atoms with Crippen LogP contribution < -0.4 is 0 Å². The molecule has 170 valence electrons. The van der Waals surface area contributed by atoms with Gasteiger partial charge < -0.3 is 14.9 Å². The normalized spacial score (nSPS) is 16.3. The van der Waals surface area contributed by atoms with Crippen molar-refractivity contribution in [2.75, 3.05) is 26.2 Å². The van der Waals surface area contributed by atoms with Gasteiger partial charge in [-0.3, -0.25) is 19.7 Å². The number of rotatable bonds is 9. The molecule has 0 bridgehead atoms. The van der Waals surface area contributed by atoms with E-state index in [1.807, 2.05) is 13.8 Å². The molecule has 0 radical (unpaired) electrons. The summed E-state index contributed by atoms with van der Waals surface area (Å²) in [5.74, 6) is -1.65. The molecular weight excluding hydrogens is 432 g/mol. The number of nitro benzene ring substituents is 1. The second kappa shape index (κ2) is 9.58. The lowest BCUT2D eigenvalue weighted by atomic mass is 9.95. The van der Waals surface area contributed by atoms with Gasteiger partial charge >= 0.3 is 0 Å². The predicted molar refractivity (Wildman–Crippen MR) is 121 cm³/mol. The van der Waals surface area contributed by atoms with Crippen molar-refractivity contribution in [3.8, 4) is 0 Å². The Morgan fingerprint density at radius 1 is 1.25 bits per heavy atom. The van der Waals surface area contributed by atoms with Gasteiger partial charge in [-0.1, -0.05) is 13.8 Å². The highest BCUT2D eigenvalue weighted by Crippen LogP contribution is 2.40. The summed E-state index contributed by atoms with van der Waals surface area (Å²) in [6.45, 7) is 9.98. The maximum atomic E-state index is 13.4. The van der Waals surface area contributed by atoms with Crippen LogP contribution in [-0.2, 0) is 4.79 Å². The summed E-state index contributed by atoms with van der Waals surface area (Å²) < 4.78 is 0. The second-order valence-electron chi connectivity index (χ2n) is 7.52. The molecule has 1 aliphatic heterocycles. The van der Waals surface area contributed by atoms with Crippen molar-refractivity contribution >= 4 is 28.7 Å². The van der Waals surface area contributed by atoms with Crippen LogP contribution in [0.4, 0.5) is 5.69 Å². The number of carbonyl (C=O) groups excluding carboxylic acids is 2. The molecule has 1 aromatic carbocycles. The number of non-ortho nitro benzene ring substituents is 1. The third-order valence-corrected chi connectivity index (χ3v) is 6.70. The molecule has 2 aromatic rings. The summed E-state index contributed by atoms with van der Waals surface area (Å²) in [5, 5.41) is 22.5. The van der Waals surface area contributed by atoms with Crippen molar-refractivity contribution in [2.24, 2.45) is 0 Å². The van der Waals surface area contributed by atoms with Crippen molar-refractivity contribution in [1.82, 2.24) is 14.8 Å². The smallest absolute Gasteiger partial charge is 0.290 e. The largest absolute Gasteiger partial charge is 0.503 e. The van der Waals surface area contributed by atoms with Crippen LogP contribution in [0.25, 0.3) is 0 Å². The predicted octanol–water partition coefficient (Wildman–Crippen LogP) is 3.59. The molecule has 10 heteroatoms. The van der Waals surface area contributed by atoms with Crippen LogP contribution in [0.15, 0.2) is 35.6 Å². The molecule has 3 rings (SSSR count). The molecule has 0 unspecified atom stereocenters. The number of amides is 1. The number of Topliss-reactive ketones (excluding diaryl/α,β-unsaturated/α-hetero) is 1. The van der Waals surface area contributed by atoms with Gasteiger partial charge in [-0.25, -0.2) is 4.98 Å². The highest BCUT2D eigenvalue weighted by molar-refractivity contribution is 7.14. The van der Waals surface area contributed by atoms with Crippen LogP contribution in [0.5, 0.6) is 0 Å². The summed E-state index contributed by atoms with van der Waals surface area (Å²) in [6.07, 6.45) is 0. The monoisotopic (exact) mass is 458 g/mol. The van der Waals surface area contributed by atoms with Crippen LogP contribution in [0.2, 0.25) is 0 Å². The van der Waals surface area contributed by atoms with Crippen molar-refractivity contribution < 1.29 is 19.6 Å². The van der Waals surface area contributed by atoms with Gasteiger partial charge in [0, 0.05) is 25.2 Å². The molecule has 32 heavy (non-hydrogen) atoms. The van der Waals surface area contributed by atoms with Gasteiger partial charge in [0.15, 0.2) is 5.76 Å². The number of thiazole rings is 1. The summed E-state index contributed by atoms with van der Waals surface area (Å²) in [6, 6.07) is 4.88. The van der Waals surface area contributed by atoms with Gasteiger partial charge in [-0.15, -0.1) is 11.3 Å². The topological polar surface area (TPSA) is 117 Å². The zero-order valence-corrected chi connectivity index (χ0v) is 19.3. The number of benzene rings is 1. The first-order valence-electron chi connectivity index (χ1n) is 10.4. The van der Waals surface area contributed by atoms with Crippen LogP contribution in [0.3, 0.4) is 0 Å². The van der Waals surface area contributed by atoms with E-state index in [-0.39, 0.29) is 11.3 Å². The number of nitro groups is 1. The zero-order valence-electron chi connectivity index (χ0n) is 18.5. The fourth-order valence-electron chi connectivity index (χ4n) is 3.89. The van der Waals surface area contributed by atoms with Gasteiger partial charge in [0.2, 0.25) is 5.78 Å².